The zero-order valence-corrected chi connectivity index (χ0v) is 19.5. The van der Waals surface area contributed by atoms with Crippen LogP contribution < -0.4 is 15.6 Å². The van der Waals surface area contributed by atoms with E-state index >= 15 is 4.39 Å². The van der Waals surface area contributed by atoms with E-state index in [4.69, 9.17) is 9.47 Å². The van der Waals surface area contributed by atoms with Crippen LogP contribution in [0.25, 0.3) is 32.9 Å². The van der Waals surface area contributed by atoms with E-state index in [9.17, 15) is 9.59 Å². The van der Waals surface area contributed by atoms with Crippen molar-refractivity contribution in [3.05, 3.63) is 82.0 Å². The second kappa shape index (κ2) is 9.49. The molecule has 0 saturated carbocycles. The number of aromatic nitrogens is 4. The molecule has 10 heteroatoms. The number of hydrogen-bond donors (Lipinski definition) is 3. The lowest BCUT2D eigenvalue weighted by Crippen LogP contribution is -2.14. The number of nitrogens with one attached hydrogen (secondary N) is 3. The first kappa shape index (κ1) is 23.0. The van der Waals surface area contributed by atoms with Crippen molar-refractivity contribution in [1.82, 2.24) is 20.2 Å². The molecule has 0 bridgehead atoms. The average molecular weight is 487 g/mol. The predicted molar refractivity (Wildman–Crippen MR) is 134 cm³/mol. The highest BCUT2D eigenvalue weighted by Crippen LogP contribution is 2.33. The summed E-state index contributed by atoms with van der Waals surface area (Å²) in [4.78, 5) is 31.2. The monoisotopic (exact) mass is 487 g/mol. The molecule has 2 aromatic heterocycles. The van der Waals surface area contributed by atoms with Crippen molar-refractivity contribution >= 4 is 33.8 Å². The topological polar surface area (TPSA) is 122 Å². The summed E-state index contributed by atoms with van der Waals surface area (Å²) in [5.41, 5.74) is 3.25. The zero-order valence-electron chi connectivity index (χ0n) is 19.5. The lowest BCUT2D eigenvalue weighted by atomic mass is 9.97. The molecule has 0 saturated heterocycles. The Morgan fingerprint density at radius 1 is 1.11 bits per heavy atom. The molecular formula is C26H22FN5O4. The number of aromatic amines is 2. The molecule has 9 nitrogen and oxygen atoms in total. The molecule has 0 unspecified atom stereocenters. The number of fused-ring (bicyclic) bond motifs is 2. The molecule has 182 valence electrons. The van der Waals surface area contributed by atoms with Gasteiger partial charge in [0.15, 0.2) is 0 Å². The standard InChI is InChI=1S/C26H22FN5O4/c1-3-36-26(34)30-25-28-20-9-8-14(11-22(20)29-25)18-10-15(23(35-2)13-19(18)27)12-21-16-6-4-5-7-17(16)24(33)32-31-21/h4-11,13H,3,12H2,1-2H3,(H,32,33)(H2,28,29,30,34). The number of hydrogen-bond acceptors (Lipinski definition) is 6. The normalized spacial score (nSPS) is 11.1. The molecule has 0 spiro atoms. The van der Waals surface area contributed by atoms with Crippen LogP contribution in [-0.2, 0) is 11.2 Å². The van der Waals surface area contributed by atoms with Crippen LogP contribution in [0.2, 0.25) is 0 Å². The smallest absolute Gasteiger partial charge is 0.413 e. The van der Waals surface area contributed by atoms with Gasteiger partial charge in [0.1, 0.15) is 11.6 Å². The fourth-order valence-electron chi connectivity index (χ4n) is 4.14. The van der Waals surface area contributed by atoms with Gasteiger partial charge in [0.2, 0.25) is 5.95 Å². The molecule has 0 fully saturated rings. The van der Waals surface area contributed by atoms with Crippen LogP contribution in [0.3, 0.4) is 0 Å². The quantitative estimate of drug-likeness (QED) is 0.317. The minimum absolute atomic E-state index is 0.229. The SMILES string of the molecule is CCOC(=O)Nc1nc2ccc(-c3cc(Cc4n[nH]c(=O)c5ccccc45)c(OC)cc3F)cc2[nH]1. The lowest BCUT2D eigenvalue weighted by molar-refractivity contribution is 0.167. The summed E-state index contributed by atoms with van der Waals surface area (Å²) in [6, 6.07) is 15.5. The number of carbonyl (C=O) groups excluding carboxylic acids is 1. The fraction of sp³-hybridized carbons (Fsp3) is 0.154. The Kier molecular flexibility index (Phi) is 6.07. The number of benzene rings is 3. The van der Waals surface area contributed by atoms with Gasteiger partial charge in [-0.05, 0) is 36.8 Å². The molecule has 0 aliphatic heterocycles. The maximum Gasteiger partial charge on any atom is 0.413 e. The van der Waals surface area contributed by atoms with Crippen LogP contribution in [0.5, 0.6) is 5.75 Å². The Labute approximate surface area is 204 Å². The molecule has 5 aromatic rings. The second-order valence-corrected chi connectivity index (χ2v) is 8.03. The maximum absolute atomic E-state index is 15.2. The summed E-state index contributed by atoms with van der Waals surface area (Å²) < 4.78 is 25.5. The molecule has 3 N–H and O–H groups in total. The summed E-state index contributed by atoms with van der Waals surface area (Å²) in [7, 11) is 1.48. The predicted octanol–water partition coefficient (Wildman–Crippen LogP) is 4.77. The Bertz CT molecular complexity index is 1660. The van der Waals surface area contributed by atoms with Gasteiger partial charge >= 0.3 is 6.09 Å². The number of anilines is 1. The van der Waals surface area contributed by atoms with Crippen LogP contribution in [0, 0.1) is 5.82 Å². The van der Waals surface area contributed by atoms with Crippen LogP contribution in [0.4, 0.5) is 15.1 Å². The first-order valence-corrected chi connectivity index (χ1v) is 11.2. The van der Waals surface area contributed by atoms with Crippen LogP contribution in [0.1, 0.15) is 18.2 Å². The Hall–Kier alpha value is -4.73. The van der Waals surface area contributed by atoms with E-state index in [-0.39, 0.29) is 18.1 Å². The van der Waals surface area contributed by atoms with E-state index in [2.05, 4.69) is 25.5 Å². The van der Waals surface area contributed by atoms with Crippen LogP contribution in [0.15, 0.2) is 59.4 Å². The van der Waals surface area contributed by atoms with Crippen molar-refractivity contribution < 1.29 is 18.7 Å². The van der Waals surface area contributed by atoms with Crippen molar-refractivity contribution in [2.24, 2.45) is 0 Å². The van der Waals surface area contributed by atoms with Crippen molar-refractivity contribution in [3.8, 4) is 16.9 Å². The highest BCUT2D eigenvalue weighted by atomic mass is 19.1. The third-order valence-corrected chi connectivity index (χ3v) is 5.79. The van der Waals surface area contributed by atoms with Gasteiger partial charge in [-0.25, -0.2) is 19.3 Å². The molecule has 36 heavy (non-hydrogen) atoms. The molecule has 2 heterocycles. The van der Waals surface area contributed by atoms with Gasteiger partial charge in [-0.1, -0.05) is 24.3 Å². The van der Waals surface area contributed by atoms with E-state index in [1.54, 1.807) is 43.3 Å². The molecule has 0 aliphatic rings. The molecular weight excluding hydrogens is 465 g/mol. The first-order valence-electron chi connectivity index (χ1n) is 11.2. The summed E-state index contributed by atoms with van der Waals surface area (Å²) in [5.74, 6) is 0.142. The Balaban J connectivity index is 1.54. The molecule has 0 radical (unpaired) electrons. The molecule has 3 aromatic carbocycles. The van der Waals surface area contributed by atoms with E-state index < -0.39 is 11.9 Å². The average Bonchev–Trinajstić information content (AvgIpc) is 3.28. The Morgan fingerprint density at radius 3 is 2.69 bits per heavy atom. The summed E-state index contributed by atoms with van der Waals surface area (Å²) >= 11 is 0. The Morgan fingerprint density at radius 2 is 1.92 bits per heavy atom. The largest absolute Gasteiger partial charge is 0.496 e. The highest BCUT2D eigenvalue weighted by Gasteiger charge is 2.16. The third-order valence-electron chi connectivity index (χ3n) is 5.79. The highest BCUT2D eigenvalue weighted by molar-refractivity contribution is 5.88. The van der Waals surface area contributed by atoms with Crippen molar-refractivity contribution in [3.63, 3.8) is 0 Å². The van der Waals surface area contributed by atoms with Gasteiger partial charge in [0.05, 0.1) is 35.8 Å². The van der Waals surface area contributed by atoms with E-state index in [1.165, 1.54) is 13.2 Å². The van der Waals surface area contributed by atoms with E-state index in [1.807, 2.05) is 12.1 Å². The van der Waals surface area contributed by atoms with E-state index in [0.29, 0.717) is 51.0 Å². The molecule has 1 amide bonds. The van der Waals surface area contributed by atoms with Crippen LogP contribution in [-0.4, -0.2) is 40.0 Å². The molecule has 0 atom stereocenters. The summed E-state index contributed by atoms with van der Waals surface area (Å²) in [5, 5.41) is 10.5. The number of imidazole rings is 1. The van der Waals surface area contributed by atoms with Gasteiger partial charge in [-0.3, -0.25) is 10.1 Å². The summed E-state index contributed by atoms with van der Waals surface area (Å²) in [6.45, 7) is 1.94. The van der Waals surface area contributed by atoms with Gasteiger partial charge < -0.3 is 14.5 Å². The number of ether oxygens (including phenoxy) is 2. The minimum atomic E-state index is -0.619. The number of methoxy groups -OCH3 is 1. The van der Waals surface area contributed by atoms with Gasteiger partial charge in [0.25, 0.3) is 5.56 Å². The van der Waals surface area contributed by atoms with Crippen molar-refractivity contribution in [1.29, 1.82) is 0 Å². The lowest BCUT2D eigenvalue weighted by Gasteiger charge is -2.13. The number of rotatable bonds is 6. The van der Waals surface area contributed by atoms with Gasteiger partial charge in [0, 0.05) is 29.0 Å². The zero-order chi connectivity index (χ0) is 25.2. The summed E-state index contributed by atoms with van der Waals surface area (Å²) in [6.07, 6.45) is -0.306. The number of H-pyrrole nitrogens is 2. The molecule has 5 rings (SSSR count). The van der Waals surface area contributed by atoms with Gasteiger partial charge in [-0.15, -0.1) is 0 Å². The number of amides is 1. The fourth-order valence-corrected chi connectivity index (χ4v) is 4.14. The number of carbonyl (C=O) groups is 1. The molecule has 0 aliphatic carbocycles. The number of nitrogens with zero attached hydrogens (tertiary/aromatic N) is 2. The maximum atomic E-state index is 15.2. The van der Waals surface area contributed by atoms with Crippen molar-refractivity contribution in [2.45, 2.75) is 13.3 Å². The van der Waals surface area contributed by atoms with Crippen molar-refractivity contribution in [2.75, 3.05) is 19.0 Å². The third kappa shape index (κ3) is 4.36. The van der Waals surface area contributed by atoms with E-state index in [0.717, 1.165) is 5.39 Å². The number of halogens is 1. The second-order valence-electron chi connectivity index (χ2n) is 8.03. The first-order chi connectivity index (χ1) is 17.5. The van der Waals surface area contributed by atoms with Crippen LogP contribution >= 0.6 is 0 Å². The minimum Gasteiger partial charge on any atom is -0.496 e. The van der Waals surface area contributed by atoms with Gasteiger partial charge in [-0.2, -0.15) is 5.10 Å².